The van der Waals surface area contributed by atoms with Crippen molar-refractivity contribution in [2.24, 2.45) is 0 Å². The second-order valence-corrected chi connectivity index (χ2v) is 17.8. The minimum atomic E-state index is -0.546. The standard InChI is InChI=1S/C44H38N6O8S4/c1-3-23-57-39-37-21-19-35(47-43(51)45-27-11-15-29(16-12-27)49(53)54)41(39)61-33-9-6-10-34(26-33)62-42-36(48-44(52)46-28-13-17-30(18-14-28)50(55)56)20-22-38(40(42)58-24-4-2)60-32-8-5-7-31(25-32)59-37/h5-22,25-26H,3-4,23-24H2,1-2H3,(H2,45,47,51)(H2,46,48,52). The highest BCUT2D eigenvalue weighted by atomic mass is 32.2. The lowest BCUT2D eigenvalue weighted by Gasteiger charge is -2.21. The summed E-state index contributed by atoms with van der Waals surface area (Å²) in [5.41, 5.74) is 1.55. The lowest BCUT2D eigenvalue weighted by atomic mass is 10.3. The molecule has 18 heteroatoms. The van der Waals surface area contributed by atoms with Crippen LogP contribution in [0.15, 0.2) is 160 Å². The van der Waals surface area contributed by atoms with Crippen LogP contribution in [0.2, 0.25) is 0 Å². The minimum absolute atomic E-state index is 0.0916. The second kappa shape index (κ2) is 20.5. The first-order valence-electron chi connectivity index (χ1n) is 19.2. The van der Waals surface area contributed by atoms with E-state index in [-0.39, 0.29) is 11.4 Å². The van der Waals surface area contributed by atoms with Crippen LogP contribution in [0.5, 0.6) is 11.5 Å². The first-order chi connectivity index (χ1) is 30.1. The van der Waals surface area contributed by atoms with Gasteiger partial charge in [-0.05, 0) is 97.8 Å². The fraction of sp³-hybridized carbons (Fsp3) is 0.136. The van der Waals surface area contributed by atoms with E-state index in [4.69, 9.17) is 9.47 Å². The third kappa shape index (κ3) is 11.1. The summed E-state index contributed by atoms with van der Waals surface area (Å²) in [4.78, 5) is 54.9. The zero-order valence-electron chi connectivity index (χ0n) is 33.2. The van der Waals surface area contributed by atoms with Crippen molar-refractivity contribution in [2.75, 3.05) is 34.5 Å². The Morgan fingerprint density at radius 1 is 0.516 bits per heavy atom. The molecule has 1 heterocycles. The predicted molar refractivity (Wildman–Crippen MR) is 245 cm³/mol. The Bertz CT molecular complexity index is 2460. The molecule has 0 unspecified atom stereocenters. The number of hydrogen-bond acceptors (Lipinski definition) is 12. The van der Waals surface area contributed by atoms with Crippen molar-refractivity contribution in [1.29, 1.82) is 0 Å². The quantitative estimate of drug-likeness (QED) is 0.0672. The van der Waals surface area contributed by atoms with Gasteiger partial charge in [-0.1, -0.05) is 73.0 Å². The smallest absolute Gasteiger partial charge is 0.323 e. The molecule has 8 bridgehead atoms. The minimum Gasteiger partial charge on any atom is -0.491 e. The zero-order chi connectivity index (χ0) is 43.6. The van der Waals surface area contributed by atoms with Crippen LogP contribution in [0.3, 0.4) is 0 Å². The highest BCUT2D eigenvalue weighted by molar-refractivity contribution is 8.01. The molecule has 0 atom stereocenters. The van der Waals surface area contributed by atoms with E-state index in [1.165, 1.54) is 95.6 Å². The van der Waals surface area contributed by atoms with E-state index in [0.717, 1.165) is 42.2 Å². The van der Waals surface area contributed by atoms with Gasteiger partial charge in [0.25, 0.3) is 11.4 Å². The number of fused-ring (bicyclic) bond motifs is 8. The number of carbonyl (C=O) groups is 2. The van der Waals surface area contributed by atoms with Crippen LogP contribution in [-0.2, 0) is 0 Å². The third-order valence-corrected chi connectivity index (χ3v) is 13.0. The average Bonchev–Trinajstić information content (AvgIpc) is 3.25. The molecular formula is C44H38N6O8S4. The van der Waals surface area contributed by atoms with E-state index in [9.17, 15) is 29.8 Å². The van der Waals surface area contributed by atoms with Gasteiger partial charge in [0.05, 0.1) is 54.0 Å². The van der Waals surface area contributed by atoms with Gasteiger partial charge in [0, 0.05) is 55.2 Å². The molecule has 0 radical (unpaired) electrons. The Kier molecular flexibility index (Phi) is 14.4. The van der Waals surface area contributed by atoms with Crippen molar-refractivity contribution >= 4 is 93.2 Å². The summed E-state index contributed by atoms with van der Waals surface area (Å²) in [6.45, 7) is 4.89. The predicted octanol–water partition coefficient (Wildman–Crippen LogP) is 13.3. The SMILES string of the molecule is CCCOc1c2ccc(NC(=O)Nc3ccc([N+](=O)[O-])cc3)c1Sc1cccc(c1)Sc1c(NC(=O)Nc3ccc([N+](=O)[O-])cc3)ccc(c1OCCC)Sc1cccc(c1)S2. The van der Waals surface area contributed by atoms with Crippen molar-refractivity contribution in [3.8, 4) is 11.5 Å². The zero-order valence-corrected chi connectivity index (χ0v) is 36.4. The topological polar surface area (TPSA) is 187 Å². The number of nitro groups is 2. The summed E-state index contributed by atoms with van der Waals surface area (Å²) in [5.74, 6) is 1.20. The van der Waals surface area contributed by atoms with Crippen LogP contribution >= 0.6 is 47.0 Å². The molecule has 6 aromatic carbocycles. The van der Waals surface area contributed by atoms with Gasteiger partial charge < -0.3 is 30.7 Å². The van der Waals surface area contributed by atoms with E-state index in [0.29, 0.717) is 57.3 Å². The van der Waals surface area contributed by atoms with Gasteiger partial charge in [-0.3, -0.25) is 20.2 Å². The summed E-state index contributed by atoms with van der Waals surface area (Å²) in [5, 5.41) is 33.8. The van der Waals surface area contributed by atoms with Crippen LogP contribution in [0, 0.1) is 20.2 Å². The van der Waals surface area contributed by atoms with Crippen LogP contribution < -0.4 is 30.7 Å². The summed E-state index contributed by atoms with van der Waals surface area (Å²) in [7, 11) is 0. The van der Waals surface area contributed by atoms with Crippen molar-refractivity contribution in [2.45, 2.75) is 65.9 Å². The summed E-state index contributed by atoms with van der Waals surface area (Å²) < 4.78 is 13.0. The monoisotopic (exact) mass is 906 g/mol. The van der Waals surface area contributed by atoms with Crippen LogP contribution in [0.25, 0.3) is 0 Å². The summed E-state index contributed by atoms with van der Waals surface area (Å²) >= 11 is 5.91. The number of benzene rings is 6. The molecular weight excluding hydrogens is 869 g/mol. The van der Waals surface area contributed by atoms with Gasteiger partial charge in [-0.25, -0.2) is 9.59 Å². The number of nitrogens with one attached hydrogen (secondary N) is 4. The van der Waals surface area contributed by atoms with Gasteiger partial charge >= 0.3 is 12.1 Å². The fourth-order valence-corrected chi connectivity index (χ4v) is 10.3. The van der Waals surface area contributed by atoms with E-state index < -0.39 is 21.9 Å². The van der Waals surface area contributed by atoms with Crippen molar-refractivity contribution < 1.29 is 28.9 Å². The molecule has 1 aliphatic rings. The molecule has 316 valence electrons. The Morgan fingerprint density at radius 2 is 0.887 bits per heavy atom. The number of non-ortho nitro benzene ring substituents is 2. The van der Waals surface area contributed by atoms with Gasteiger partial charge in [0.15, 0.2) is 0 Å². The maximum absolute atomic E-state index is 13.5. The van der Waals surface area contributed by atoms with E-state index in [1.54, 1.807) is 0 Å². The molecule has 0 saturated heterocycles. The van der Waals surface area contributed by atoms with Gasteiger partial charge in [-0.15, -0.1) is 0 Å². The highest BCUT2D eigenvalue weighted by Gasteiger charge is 2.23. The molecule has 0 aromatic heterocycles. The maximum atomic E-state index is 13.5. The van der Waals surface area contributed by atoms with E-state index in [2.05, 4.69) is 27.3 Å². The number of carbonyl (C=O) groups excluding carboxylic acids is 2. The molecule has 6 aromatic rings. The number of ether oxygens (including phenoxy) is 2. The summed E-state index contributed by atoms with van der Waals surface area (Å²) in [6.07, 6.45) is 1.49. The van der Waals surface area contributed by atoms with Gasteiger partial charge in [-0.2, -0.15) is 0 Å². The van der Waals surface area contributed by atoms with Crippen LogP contribution in [0.4, 0.5) is 43.7 Å². The number of urea groups is 2. The Morgan fingerprint density at radius 3 is 1.24 bits per heavy atom. The lowest BCUT2D eigenvalue weighted by molar-refractivity contribution is -0.385. The first kappa shape index (κ1) is 43.7. The average molecular weight is 907 g/mol. The highest BCUT2D eigenvalue weighted by Crippen LogP contribution is 2.51. The Hall–Kier alpha value is -6.34. The number of amides is 4. The van der Waals surface area contributed by atoms with Crippen molar-refractivity contribution in [3.63, 3.8) is 0 Å². The van der Waals surface area contributed by atoms with E-state index >= 15 is 0 Å². The fourth-order valence-electron chi connectivity index (χ4n) is 5.93. The van der Waals surface area contributed by atoms with Gasteiger partial charge in [0.1, 0.15) is 11.5 Å². The lowest BCUT2D eigenvalue weighted by Crippen LogP contribution is -2.20. The Balaban J connectivity index is 1.29. The first-order valence-corrected chi connectivity index (χ1v) is 22.5. The molecule has 0 aliphatic carbocycles. The molecule has 0 fully saturated rings. The molecule has 4 N–H and O–H groups in total. The maximum Gasteiger partial charge on any atom is 0.323 e. The number of rotatable bonds is 12. The number of nitrogens with zero attached hydrogens (tertiary/aromatic N) is 2. The van der Waals surface area contributed by atoms with Crippen molar-refractivity contribution in [3.05, 3.63) is 142 Å². The number of hydrogen-bond donors (Lipinski definition) is 4. The molecule has 4 amide bonds. The van der Waals surface area contributed by atoms with Crippen molar-refractivity contribution in [1.82, 2.24) is 0 Å². The molecule has 62 heavy (non-hydrogen) atoms. The van der Waals surface area contributed by atoms with Crippen LogP contribution in [-0.4, -0.2) is 35.1 Å². The summed E-state index contributed by atoms with van der Waals surface area (Å²) in [6, 6.07) is 33.5. The van der Waals surface area contributed by atoms with E-state index in [1.807, 2.05) is 80.6 Å². The molecule has 0 spiro atoms. The molecule has 14 nitrogen and oxygen atoms in total. The number of anilines is 4. The number of nitro benzene ring substituents is 2. The largest absolute Gasteiger partial charge is 0.491 e. The van der Waals surface area contributed by atoms with Gasteiger partial charge in [0.2, 0.25) is 0 Å². The van der Waals surface area contributed by atoms with Crippen LogP contribution in [0.1, 0.15) is 26.7 Å². The molecule has 7 rings (SSSR count). The third-order valence-electron chi connectivity index (χ3n) is 8.73. The normalized spacial score (nSPS) is 11.8. The molecule has 0 saturated carbocycles. The second-order valence-electron chi connectivity index (χ2n) is 13.4. The Labute approximate surface area is 373 Å². The molecule has 1 aliphatic heterocycles.